The molecule has 5 heteroatoms. The molecule has 1 aliphatic rings. The first-order valence-corrected chi connectivity index (χ1v) is 9.45. The van der Waals surface area contributed by atoms with E-state index in [4.69, 9.17) is 16.7 Å². The van der Waals surface area contributed by atoms with Gasteiger partial charge in [-0.2, -0.15) is 0 Å². The summed E-state index contributed by atoms with van der Waals surface area (Å²) in [6, 6.07) is 15.7. The number of carbonyl (C=O) groups is 1. The molecular weight excluding hydrogens is 358 g/mol. The van der Waals surface area contributed by atoms with Gasteiger partial charge in [-0.15, -0.1) is 5.10 Å². The molecule has 0 atom stereocenters. The summed E-state index contributed by atoms with van der Waals surface area (Å²) in [6.07, 6.45) is 1.30. The van der Waals surface area contributed by atoms with Crippen LogP contribution in [0.4, 0.5) is 11.5 Å². The van der Waals surface area contributed by atoms with Crippen molar-refractivity contribution in [1.29, 1.82) is 0 Å². The van der Waals surface area contributed by atoms with Gasteiger partial charge in [0.2, 0.25) is 0 Å². The summed E-state index contributed by atoms with van der Waals surface area (Å²) in [5.41, 5.74) is 4.32. The molecule has 1 heterocycles. The summed E-state index contributed by atoms with van der Waals surface area (Å²) in [6.45, 7) is 6.24. The van der Waals surface area contributed by atoms with E-state index in [0.29, 0.717) is 22.8 Å². The Kier molecular flexibility index (Phi) is 4.31. The quantitative estimate of drug-likeness (QED) is 0.631. The lowest BCUT2D eigenvalue weighted by Crippen LogP contribution is -2.28. The van der Waals surface area contributed by atoms with E-state index in [-0.39, 0.29) is 11.2 Å². The summed E-state index contributed by atoms with van der Waals surface area (Å²) in [5.74, 6) is 0.689. The highest BCUT2D eigenvalue weighted by Gasteiger charge is 2.37. The SMILES string of the molecule is Cc1ccc(Nc2nn(-c3ccccc3)c3c2C(=O)CC(C)(C)C3)c(Cl)c1. The molecule has 4 rings (SSSR count). The van der Waals surface area contributed by atoms with Gasteiger partial charge in [0.15, 0.2) is 11.6 Å². The Hall–Kier alpha value is -2.59. The minimum atomic E-state index is -0.0879. The van der Waals surface area contributed by atoms with Crippen LogP contribution in [0.15, 0.2) is 48.5 Å². The van der Waals surface area contributed by atoms with Crippen molar-refractivity contribution < 1.29 is 4.79 Å². The number of benzene rings is 2. The number of para-hydroxylation sites is 1. The van der Waals surface area contributed by atoms with Crippen LogP contribution in [0.3, 0.4) is 0 Å². The third-order valence-corrected chi connectivity index (χ3v) is 5.24. The van der Waals surface area contributed by atoms with Crippen LogP contribution in [0.1, 0.15) is 41.9 Å². The van der Waals surface area contributed by atoms with Crippen LogP contribution in [-0.2, 0) is 6.42 Å². The first kappa shape index (κ1) is 17.8. The molecule has 0 amide bonds. The molecule has 3 aromatic rings. The zero-order valence-electron chi connectivity index (χ0n) is 15.7. The number of nitrogens with one attached hydrogen (secondary N) is 1. The van der Waals surface area contributed by atoms with Gasteiger partial charge in [0.05, 0.1) is 27.7 Å². The van der Waals surface area contributed by atoms with Crippen LogP contribution in [0.25, 0.3) is 5.69 Å². The average molecular weight is 380 g/mol. The first-order valence-electron chi connectivity index (χ1n) is 9.08. The molecule has 0 radical (unpaired) electrons. The lowest BCUT2D eigenvalue weighted by atomic mass is 9.76. The standard InChI is InChI=1S/C22H22ClN3O/c1-14-9-10-17(16(23)11-14)24-21-20-18(12-22(2,3)13-19(20)27)26(25-21)15-7-5-4-6-8-15/h4-11H,12-13H2,1-3H3,(H,24,25). The Morgan fingerprint density at radius 3 is 2.56 bits per heavy atom. The highest BCUT2D eigenvalue weighted by atomic mass is 35.5. The molecule has 27 heavy (non-hydrogen) atoms. The molecule has 138 valence electrons. The molecule has 0 saturated carbocycles. The zero-order chi connectivity index (χ0) is 19.2. The van der Waals surface area contributed by atoms with Crippen molar-refractivity contribution in [3.05, 3.63) is 70.4 Å². The van der Waals surface area contributed by atoms with Gasteiger partial charge in [-0.1, -0.05) is 49.7 Å². The van der Waals surface area contributed by atoms with Gasteiger partial charge in [-0.05, 0) is 48.6 Å². The fourth-order valence-corrected chi connectivity index (χ4v) is 3.95. The van der Waals surface area contributed by atoms with Crippen molar-refractivity contribution in [2.24, 2.45) is 5.41 Å². The van der Waals surface area contributed by atoms with Crippen LogP contribution in [0, 0.1) is 12.3 Å². The van der Waals surface area contributed by atoms with Crippen molar-refractivity contribution in [3.63, 3.8) is 0 Å². The maximum Gasteiger partial charge on any atom is 0.169 e. The second-order valence-electron chi connectivity index (χ2n) is 7.97. The second-order valence-corrected chi connectivity index (χ2v) is 8.37. The number of halogens is 1. The van der Waals surface area contributed by atoms with E-state index in [0.717, 1.165) is 29.1 Å². The van der Waals surface area contributed by atoms with E-state index in [2.05, 4.69) is 19.2 Å². The van der Waals surface area contributed by atoms with Gasteiger partial charge in [0, 0.05) is 6.42 Å². The van der Waals surface area contributed by atoms with Crippen LogP contribution in [0.2, 0.25) is 5.02 Å². The number of hydrogen-bond donors (Lipinski definition) is 1. The van der Waals surface area contributed by atoms with Crippen molar-refractivity contribution >= 4 is 28.9 Å². The van der Waals surface area contributed by atoms with E-state index >= 15 is 0 Å². The fraction of sp³-hybridized carbons (Fsp3) is 0.273. The number of Topliss-reactive ketones (excluding diaryl/α,β-unsaturated/α-hetero) is 1. The van der Waals surface area contributed by atoms with Gasteiger partial charge in [-0.3, -0.25) is 4.79 Å². The third-order valence-electron chi connectivity index (χ3n) is 4.92. The minimum absolute atomic E-state index is 0.0879. The molecule has 0 fully saturated rings. The maximum atomic E-state index is 13.0. The van der Waals surface area contributed by atoms with Gasteiger partial charge >= 0.3 is 0 Å². The van der Waals surface area contributed by atoms with Gasteiger partial charge < -0.3 is 5.32 Å². The van der Waals surface area contributed by atoms with Crippen molar-refractivity contribution in [1.82, 2.24) is 9.78 Å². The molecule has 4 nitrogen and oxygen atoms in total. The van der Waals surface area contributed by atoms with Gasteiger partial charge in [-0.25, -0.2) is 4.68 Å². The molecule has 1 aliphatic carbocycles. The molecule has 0 saturated heterocycles. The Morgan fingerprint density at radius 2 is 1.85 bits per heavy atom. The Morgan fingerprint density at radius 1 is 1.11 bits per heavy atom. The Bertz CT molecular complexity index is 1020. The topological polar surface area (TPSA) is 46.9 Å². The van der Waals surface area contributed by atoms with E-state index < -0.39 is 0 Å². The number of aryl methyl sites for hydroxylation is 1. The summed E-state index contributed by atoms with van der Waals surface area (Å²) >= 11 is 6.39. The number of hydrogen-bond acceptors (Lipinski definition) is 3. The van der Waals surface area contributed by atoms with Crippen LogP contribution in [-0.4, -0.2) is 15.6 Å². The largest absolute Gasteiger partial charge is 0.337 e. The summed E-state index contributed by atoms with van der Waals surface area (Å²) in [5, 5.41) is 8.67. The Balaban J connectivity index is 1.85. The van der Waals surface area contributed by atoms with Crippen molar-refractivity contribution in [2.75, 3.05) is 5.32 Å². The van der Waals surface area contributed by atoms with E-state index in [1.807, 2.05) is 60.1 Å². The molecule has 2 aromatic carbocycles. The molecule has 1 aromatic heterocycles. The highest BCUT2D eigenvalue weighted by molar-refractivity contribution is 6.33. The summed E-state index contributed by atoms with van der Waals surface area (Å²) in [7, 11) is 0. The molecular formula is C22H22ClN3O. The average Bonchev–Trinajstić information content (AvgIpc) is 2.95. The van der Waals surface area contributed by atoms with Crippen molar-refractivity contribution in [2.45, 2.75) is 33.6 Å². The van der Waals surface area contributed by atoms with E-state index in [1.165, 1.54) is 0 Å². The van der Waals surface area contributed by atoms with E-state index in [1.54, 1.807) is 0 Å². The van der Waals surface area contributed by atoms with Gasteiger partial charge in [0.1, 0.15) is 0 Å². The Labute approximate surface area is 164 Å². The number of anilines is 2. The number of rotatable bonds is 3. The molecule has 0 unspecified atom stereocenters. The number of carbonyl (C=O) groups excluding carboxylic acids is 1. The number of aromatic nitrogens is 2. The van der Waals surface area contributed by atoms with E-state index in [9.17, 15) is 4.79 Å². The second kappa shape index (κ2) is 6.54. The zero-order valence-corrected chi connectivity index (χ0v) is 16.5. The fourth-order valence-electron chi connectivity index (χ4n) is 3.67. The minimum Gasteiger partial charge on any atom is -0.337 e. The predicted octanol–water partition coefficient (Wildman–Crippen LogP) is 5.73. The third kappa shape index (κ3) is 3.37. The lowest BCUT2D eigenvalue weighted by molar-refractivity contribution is 0.0912. The summed E-state index contributed by atoms with van der Waals surface area (Å²) in [4.78, 5) is 13.0. The molecule has 0 aliphatic heterocycles. The number of nitrogens with zero attached hydrogens (tertiary/aromatic N) is 2. The predicted molar refractivity (Wildman–Crippen MR) is 109 cm³/mol. The van der Waals surface area contributed by atoms with Crippen LogP contribution in [0.5, 0.6) is 0 Å². The normalized spacial score (nSPS) is 15.5. The van der Waals surface area contributed by atoms with Gasteiger partial charge in [0.25, 0.3) is 0 Å². The molecule has 0 bridgehead atoms. The monoisotopic (exact) mass is 379 g/mol. The van der Waals surface area contributed by atoms with Crippen molar-refractivity contribution in [3.8, 4) is 5.69 Å². The highest BCUT2D eigenvalue weighted by Crippen LogP contribution is 2.40. The molecule has 1 N–H and O–H groups in total. The number of ketones is 1. The maximum absolute atomic E-state index is 13.0. The molecule has 0 spiro atoms. The lowest BCUT2D eigenvalue weighted by Gasteiger charge is -2.29. The van der Waals surface area contributed by atoms with Crippen LogP contribution < -0.4 is 5.32 Å². The smallest absolute Gasteiger partial charge is 0.169 e. The first-order chi connectivity index (χ1) is 12.8. The summed E-state index contributed by atoms with van der Waals surface area (Å²) < 4.78 is 1.89. The van der Waals surface area contributed by atoms with Crippen LogP contribution >= 0.6 is 11.6 Å². The number of fused-ring (bicyclic) bond motifs is 1.